The van der Waals surface area contributed by atoms with Crippen molar-refractivity contribution in [3.63, 3.8) is 0 Å². The molecule has 1 saturated heterocycles. The van der Waals surface area contributed by atoms with Gasteiger partial charge < -0.3 is 14.8 Å². The normalized spacial score (nSPS) is 14.4. The third-order valence-corrected chi connectivity index (χ3v) is 5.23. The van der Waals surface area contributed by atoms with Gasteiger partial charge in [-0.15, -0.1) is 13.2 Å². The third kappa shape index (κ3) is 5.48. The third-order valence-electron chi connectivity index (χ3n) is 4.70. The molecule has 0 aromatic heterocycles. The van der Waals surface area contributed by atoms with Gasteiger partial charge >= 0.3 is 6.03 Å². The summed E-state index contributed by atoms with van der Waals surface area (Å²) in [6, 6.07) is 11.1. The van der Waals surface area contributed by atoms with E-state index in [4.69, 9.17) is 9.47 Å². The number of allylic oxidation sites excluding steroid dienone is 1. The number of urea groups is 1. The number of nitrogens with zero attached hydrogens (tertiary/aromatic N) is 1. The van der Waals surface area contributed by atoms with Crippen LogP contribution >= 0.6 is 15.9 Å². The van der Waals surface area contributed by atoms with Gasteiger partial charge in [0, 0.05) is 16.6 Å². The zero-order valence-corrected chi connectivity index (χ0v) is 19.5. The van der Waals surface area contributed by atoms with E-state index in [9.17, 15) is 9.59 Å². The summed E-state index contributed by atoms with van der Waals surface area (Å²) in [6.07, 6.45) is 5.47. The number of hydrogen-bond donors (Lipinski definition) is 1. The van der Waals surface area contributed by atoms with E-state index in [1.54, 1.807) is 18.2 Å². The van der Waals surface area contributed by atoms with Crippen LogP contribution in [0.25, 0.3) is 6.08 Å². The summed E-state index contributed by atoms with van der Waals surface area (Å²) in [6.45, 7) is 10.3. The minimum absolute atomic E-state index is 0.150. The number of ether oxygens (including phenoxy) is 2. The van der Waals surface area contributed by atoms with Gasteiger partial charge in [0.2, 0.25) is 0 Å². The molecule has 0 atom stereocenters. The smallest absolute Gasteiger partial charge is 0.329 e. The van der Waals surface area contributed by atoms with Crippen molar-refractivity contribution in [3.8, 4) is 11.5 Å². The lowest BCUT2D eigenvalue weighted by molar-refractivity contribution is -0.122. The van der Waals surface area contributed by atoms with Gasteiger partial charge in [-0.3, -0.25) is 9.69 Å². The molecule has 1 aliphatic heterocycles. The molecule has 3 amide bonds. The Labute approximate surface area is 196 Å². The van der Waals surface area contributed by atoms with E-state index in [2.05, 4.69) is 34.4 Å². The Morgan fingerprint density at radius 3 is 2.50 bits per heavy atom. The molecular formula is C25H25BrN2O4. The Morgan fingerprint density at radius 1 is 1.09 bits per heavy atom. The van der Waals surface area contributed by atoms with Crippen molar-refractivity contribution in [2.75, 3.05) is 13.2 Å². The Balaban J connectivity index is 1.94. The van der Waals surface area contributed by atoms with E-state index in [0.29, 0.717) is 36.7 Å². The monoisotopic (exact) mass is 496 g/mol. The van der Waals surface area contributed by atoms with Crippen LogP contribution in [0.2, 0.25) is 0 Å². The van der Waals surface area contributed by atoms with Crippen LogP contribution in [-0.2, 0) is 17.8 Å². The first kappa shape index (κ1) is 23.3. The summed E-state index contributed by atoms with van der Waals surface area (Å²) >= 11 is 3.43. The van der Waals surface area contributed by atoms with Gasteiger partial charge in [0.05, 0.1) is 6.61 Å². The quantitative estimate of drug-likeness (QED) is 0.277. The summed E-state index contributed by atoms with van der Waals surface area (Å²) in [7, 11) is 0. The highest BCUT2D eigenvalue weighted by Crippen LogP contribution is 2.35. The summed E-state index contributed by atoms with van der Waals surface area (Å²) in [5, 5.41) is 2.61. The lowest BCUT2D eigenvalue weighted by Crippen LogP contribution is -2.30. The molecule has 0 saturated carbocycles. The summed E-state index contributed by atoms with van der Waals surface area (Å²) in [4.78, 5) is 25.7. The molecule has 0 radical (unpaired) electrons. The lowest BCUT2D eigenvalue weighted by Gasteiger charge is -2.17. The number of rotatable bonds is 10. The van der Waals surface area contributed by atoms with Crippen LogP contribution in [0.3, 0.4) is 0 Å². The molecule has 2 aromatic rings. The standard InChI is InChI=1S/C25H25BrN2O4/c1-4-7-19-13-18(14-21-24(29)28(12-5-2)25(30)27-21)15-22(31-6-3)23(19)32-16-17-8-10-20(26)11-9-17/h4-5,8-11,13-15H,1-2,6-7,12,16H2,3H3,(H,27,30)/b21-14+. The molecular weight excluding hydrogens is 472 g/mol. The Bertz CT molecular complexity index is 1060. The maximum absolute atomic E-state index is 12.5. The zero-order chi connectivity index (χ0) is 23.1. The molecule has 2 aromatic carbocycles. The first-order valence-electron chi connectivity index (χ1n) is 10.2. The summed E-state index contributed by atoms with van der Waals surface area (Å²) in [5.74, 6) is 0.802. The van der Waals surface area contributed by atoms with Crippen molar-refractivity contribution in [1.29, 1.82) is 0 Å². The fourth-order valence-electron chi connectivity index (χ4n) is 3.27. The van der Waals surface area contributed by atoms with Gasteiger partial charge in [0.25, 0.3) is 5.91 Å². The minimum Gasteiger partial charge on any atom is -0.490 e. The number of nitrogens with one attached hydrogen (secondary N) is 1. The van der Waals surface area contributed by atoms with Crippen LogP contribution in [0.5, 0.6) is 11.5 Å². The fraction of sp³-hybridized carbons (Fsp3) is 0.200. The summed E-state index contributed by atoms with van der Waals surface area (Å²) < 4.78 is 13.0. The molecule has 0 spiro atoms. The van der Waals surface area contributed by atoms with Gasteiger partial charge in [-0.1, -0.05) is 40.2 Å². The second-order valence-electron chi connectivity index (χ2n) is 7.04. The minimum atomic E-state index is -0.466. The van der Waals surface area contributed by atoms with E-state index >= 15 is 0 Å². The molecule has 0 bridgehead atoms. The molecule has 166 valence electrons. The topological polar surface area (TPSA) is 67.9 Å². The SMILES string of the molecule is C=CCc1cc(/C=C2/NC(=O)N(CC=C)C2=O)cc(OCC)c1OCc1ccc(Br)cc1. The van der Waals surface area contributed by atoms with E-state index in [1.807, 2.05) is 37.3 Å². The van der Waals surface area contributed by atoms with Crippen LogP contribution in [0.1, 0.15) is 23.6 Å². The van der Waals surface area contributed by atoms with Crippen LogP contribution in [-0.4, -0.2) is 30.0 Å². The molecule has 6 nitrogen and oxygen atoms in total. The Hall–Kier alpha value is -3.32. The Kier molecular flexibility index (Phi) is 7.89. The second-order valence-corrected chi connectivity index (χ2v) is 7.96. The average molecular weight is 497 g/mol. The van der Waals surface area contributed by atoms with E-state index in [-0.39, 0.29) is 12.2 Å². The van der Waals surface area contributed by atoms with E-state index < -0.39 is 11.9 Å². The predicted molar refractivity (Wildman–Crippen MR) is 128 cm³/mol. The molecule has 7 heteroatoms. The first-order chi connectivity index (χ1) is 15.5. The van der Waals surface area contributed by atoms with Crippen molar-refractivity contribution in [1.82, 2.24) is 10.2 Å². The number of carbonyl (C=O) groups is 2. The molecule has 3 rings (SSSR count). The van der Waals surface area contributed by atoms with Gasteiger partial charge in [-0.2, -0.15) is 0 Å². The molecule has 0 unspecified atom stereocenters. The van der Waals surface area contributed by atoms with E-state index in [1.165, 1.54) is 6.08 Å². The second kappa shape index (κ2) is 10.8. The Morgan fingerprint density at radius 2 is 1.84 bits per heavy atom. The molecule has 1 N–H and O–H groups in total. The van der Waals surface area contributed by atoms with Gasteiger partial charge in [-0.25, -0.2) is 4.79 Å². The molecule has 1 aliphatic rings. The van der Waals surface area contributed by atoms with Crippen LogP contribution in [0.15, 0.2) is 71.9 Å². The van der Waals surface area contributed by atoms with Gasteiger partial charge in [-0.05, 0) is 54.8 Å². The number of hydrogen-bond acceptors (Lipinski definition) is 4. The highest BCUT2D eigenvalue weighted by Gasteiger charge is 2.32. The van der Waals surface area contributed by atoms with E-state index in [0.717, 1.165) is 20.5 Å². The van der Waals surface area contributed by atoms with Crippen LogP contribution < -0.4 is 14.8 Å². The predicted octanol–water partition coefficient (Wildman–Crippen LogP) is 5.23. The molecule has 1 heterocycles. The van der Waals surface area contributed by atoms with Crippen molar-refractivity contribution in [3.05, 3.63) is 88.6 Å². The van der Waals surface area contributed by atoms with Crippen molar-refractivity contribution < 1.29 is 19.1 Å². The maximum Gasteiger partial charge on any atom is 0.329 e. The number of benzene rings is 2. The molecule has 1 fully saturated rings. The maximum atomic E-state index is 12.5. The van der Waals surface area contributed by atoms with Crippen LogP contribution in [0, 0.1) is 0 Å². The highest BCUT2D eigenvalue weighted by atomic mass is 79.9. The largest absolute Gasteiger partial charge is 0.490 e. The first-order valence-corrected chi connectivity index (χ1v) is 11.0. The highest BCUT2D eigenvalue weighted by molar-refractivity contribution is 9.10. The molecule has 32 heavy (non-hydrogen) atoms. The average Bonchev–Trinajstić information content (AvgIpc) is 3.02. The van der Waals surface area contributed by atoms with Crippen LogP contribution in [0.4, 0.5) is 4.79 Å². The number of halogens is 1. The fourth-order valence-corrected chi connectivity index (χ4v) is 3.53. The molecule has 0 aliphatic carbocycles. The summed E-state index contributed by atoms with van der Waals surface area (Å²) in [5.41, 5.74) is 2.81. The van der Waals surface area contributed by atoms with Gasteiger partial charge in [0.15, 0.2) is 11.5 Å². The number of carbonyl (C=O) groups excluding carboxylic acids is 2. The lowest BCUT2D eigenvalue weighted by atomic mass is 10.0. The van der Waals surface area contributed by atoms with Crippen molar-refractivity contribution >= 4 is 33.9 Å². The number of imide groups is 1. The van der Waals surface area contributed by atoms with Crippen molar-refractivity contribution in [2.24, 2.45) is 0 Å². The number of amides is 3. The zero-order valence-electron chi connectivity index (χ0n) is 17.9. The van der Waals surface area contributed by atoms with Gasteiger partial charge in [0.1, 0.15) is 12.3 Å². The van der Waals surface area contributed by atoms with Crippen molar-refractivity contribution in [2.45, 2.75) is 20.0 Å².